The Bertz CT molecular complexity index is 990. The quantitative estimate of drug-likeness (QED) is 0.444. The van der Waals surface area contributed by atoms with Gasteiger partial charge in [-0.1, -0.05) is 66.7 Å². The van der Waals surface area contributed by atoms with Gasteiger partial charge in [-0.2, -0.15) is 0 Å². The minimum atomic E-state index is 0.582. The zero-order chi connectivity index (χ0) is 18.6. The molecule has 0 aliphatic rings. The number of nitrogens with two attached hydrogens (primary N) is 2. The van der Waals surface area contributed by atoms with Gasteiger partial charge in [0.05, 0.1) is 17.1 Å². The number of anilines is 5. The number of para-hydroxylation sites is 2. The lowest BCUT2D eigenvalue weighted by molar-refractivity contribution is 1.28. The fourth-order valence-electron chi connectivity index (χ4n) is 3.30. The van der Waals surface area contributed by atoms with Gasteiger partial charge in [-0.15, -0.1) is 0 Å². The number of hydrogen-bond donors (Lipinski definition) is 2. The monoisotopic (exact) mass is 351 g/mol. The number of benzene rings is 4. The molecule has 0 saturated heterocycles. The van der Waals surface area contributed by atoms with E-state index in [1.54, 1.807) is 0 Å². The first-order valence-corrected chi connectivity index (χ1v) is 8.89. The van der Waals surface area contributed by atoms with Gasteiger partial charge < -0.3 is 16.4 Å². The molecule has 0 unspecified atom stereocenters. The average molecular weight is 351 g/mol. The maximum Gasteiger partial charge on any atom is 0.0648 e. The van der Waals surface area contributed by atoms with Crippen LogP contribution in [0.1, 0.15) is 0 Å². The van der Waals surface area contributed by atoms with Gasteiger partial charge in [-0.3, -0.25) is 0 Å². The van der Waals surface area contributed by atoms with Crippen LogP contribution in [0.3, 0.4) is 0 Å². The first kappa shape index (κ1) is 16.7. The van der Waals surface area contributed by atoms with E-state index in [0.717, 1.165) is 28.2 Å². The predicted octanol–water partition coefficient (Wildman–Crippen LogP) is 5.99. The zero-order valence-electron chi connectivity index (χ0n) is 14.9. The summed E-state index contributed by atoms with van der Waals surface area (Å²) in [5.41, 5.74) is 18.9. The van der Waals surface area contributed by atoms with Crippen molar-refractivity contribution in [3.05, 3.63) is 103 Å². The number of nitrogens with zero attached hydrogens (tertiary/aromatic N) is 1. The fraction of sp³-hybridized carbons (Fsp3) is 0. The first-order valence-electron chi connectivity index (χ1n) is 8.89. The summed E-state index contributed by atoms with van der Waals surface area (Å²) in [6, 6.07) is 34.6. The van der Waals surface area contributed by atoms with Gasteiger partial charge in [0.15, 0.2) is 0 Å². The van der Waals surface area contributed by atoms with Crippen LogP contribution in [0.25, 0.3) is 11.1 Å². The maximum absolute atomic E-state index is 6.46. The third-order valence-electron chi connectivity index (χ3n) is 4.59. The van der Waals surface area contributed by atoms with Crippen molar-refractivity contribution in [2.45, 2.75) is 0 Å². The van der Waals surface area contributed by atoms with Crippen LogP contribution >= 0.6 is 0 Å². The molecule has 4 aromatic rings. The van der Waals surface area contributed by atoms with Crippen LogP contribution < -0.4 is 16.4 Å². The smallest absolute Gasteiger partial charge is 0.0648 e. The Morgan fingerprint density at radius 2 is 1.00 bits per heavy atom. The van der Waals surface area contributed by atoms with E-state index < -0.39 is 0 Å². The van der Waals surface area contributed by atoms with Gasteiger partial charge in [0.25, 0.3) is 0 Å². The topological polar surface area (TPSA) is 55.3 Å². The summed E-state index contributed by atoms with van der Waals surface area (Å²) < 4.78 is 0. The fourth-order valence-corrected chi connectivity index (χ4v) is 3.30. The lowest BCUT2D eigenvalue weighted by Gasteiger charge is -2.28. The molecule has 0 fully saturated rings. The summed E-state index contributed by atoms with van der Waals surface area (Å²) in [5, 5.41) is 0. The molecule has 4 rings (SSSR count). The molecule has 132 valence electrons. The predicted molar refractivity (Wildman–Crippen MR) is 115 cm³/mol. The number of rotatable bonds is 4. The Balaban J connectivity index is 2.00. The molecule has 0 atom stereocenters. The Morgan fingerprint density at radius 1 is 0.519 bits per heavy atom. The summed E-state index contributed by atoms with van der Waals surface area (Å²) >= 11 is 0. The van der Waals surface area contributed by atoms with E-state index in [-0.39, 0.29) is 0 Å². The van der Waals surface area contributed by atoms with Crippen molar-refractivity contribution in [2.24, 2.45) is 0 Å². The third kappa shape index (κ3) is 3.23. The lowest BCUT2D eigenvalue weighted by Crippen LogP contribution is -2.12. The molecule has 0 heterocycles. The molecule has 0 saturated carbocycles. The van der Waals surface area contributed by atoms with Crippen LogP contribution in [0.2, 0.25) is 0 Å². The van der Waals surface area contributed by atoms with Crippen LogP contribution in [0.4, 0.5) is 28.4 Å². The second kappa shape index (κ2) is 7.26. The van der Waals surface area contributed by atoms with Crippen LogP contribution in [-0.4, -0.2) is 0 Å². The van der Waals surface area contributed by atoms with Crippen molar-refractivity contribution in [3.8, 4) is 11.1 Å². The molecule has 0 spiro atoms. The van der Waals surface area contributed by atoms with Gasteiger partial charge >= 0.3 is 0 Å². The third-order valence-corrected chi connectivity index (χ3v) is 4.59. The highest BCUT2D eigenvalue weighted by atomic mass is 15.1. The lowest BCUT2D eigenvalue weighted by atomic mass is 9.99. The highest BCUT2D eigenvalue weighted by Gasteiger charge is 2.19. The molecule has 0 amide bonds. The molecular formula is C24H21N3. The van der Waals surface area contributed by atoms with E-state index in [1.807, 2.05) is 66.7 Å². The van der Waals surface area contributed by atoms with Gasteiger partial charge in [-0.05, 0) is 42.0 Å². The van der Waals surface area contributed by atoms with E-state index in [0.29, 0.717) is 11.4 Å². The number of nitrogen functional groups attached to an aromatic ring is 2. The van der Waals surface area contributed by atoms with Gasteiger partial charge in [0, 0.05) is 16.9 Å². The van der Waals surface area contributed by atoms with Crippen molar-refractivity contribution in [1.29, 1.82) is 0 Å². The molecule has 0 bridgehead atoms. The Kier molecular flexibility index (Phi) is 4.50. The summed E-state index contributed by atoms with van der Waals surface area (Å²) in [6.45, 7) is 0. The van der Waals surface area contributed by atoms with E-state index in [4.69, 9.17) is 11.5 Å². The molecule has 27 heavy (non-hydrogen) atoms. The SMILES string of the molecule is Nc1ccc(N(c2ccccc2)c2ccccc2)c(-c2ccccc2)c1N. The molecule has 0 aromatic heterocycles. The van der Waals surface area contributed by atoms with Gasteiger partial charge in [-0.25, -0.2) is 0 Å². The first-order chi connectivity index (χ1) is 13.3. The van der Waals surface area contributed by atoms with Crippen molar-refractivity contribution in [3.63, 3.8) is 0 Å². The van der Waals surface area contributed by atoms with Gasteiger partial charge in [0.1, 0.15) is 0 Å². The van der Waals surface area contributed by atoms with Gasteiger partial charge in [0.2, 0.25) is 0 Å². The largest absolute Gasteiger partial charge is 0.397 e. The van der Waals surface area contributed by atoms with E-state index in [9.17, 15) is 0 Å². The molecule has 4 N–H and O–H groups in total. The van der Waals surface area contributed by atoms with E-state index in [1.165, 1.54) is 0 Å². The van der Waals surface area contributed by atoms with Crippen LogP contribution in [0, 0.1) is 0 Å². The molecule has 0 radical (unpaired) electrons. The second-order valence-electron chi connectivity index (χ2n) is 6.34. The van der Waals surface area contributed by atoms with E-state index >= 15 is 0 Å². The van der Waals surface area contributed by atoms with Crippen LogP contribution in [0.5, 0.6) is 0 Å². The summed E-state index contributed by atoms with van der Waals surface area (Å²) in [6.07, 6.45) is 0. The molecule has 3 heteroatoms. The van der Waals surface area contributed by atoms with Crippen molar-refractivity contribution in [2.75, 3.05) is 16.4 Å². The molecule has 4 aromatic carbocycles. The highest BCUT2D eigenvalue weighted by Crippen LogP contribution is 2.44. The van der Waals surface area contributed by atoms with Crippen molar-refractivity contribution in [1.82, 2.24) is 0 Å². The molecule has 0 aliphatic carbocycles. The maximum atomic E-state index is 6.46. The van der Waals surface area contributed by atoms with E-state index in [2.05, 4.69) is 41.3 Å². The standard InChI is InChI=1S/C24H21N3/c25-21-16-17-22(23(24(21)26)18-10-4-1-5-11-18)27(19-12-6-2-7-13-19)20-14-8-3-9-15-20/h1-17H,25-26H2. The van der Waals surface area contributed by atoms with Crippen molar-refractivity contribution >= 4 is 28.4 Å². The zero-order valence-corrected chi connectivity index (χ0v) is 14.9. The number of hydrogen-bond acceptors (Lipinski definition) is 3. The normalized spacial score (nSPS) is 10.5. The molecule has 0 aliphatic heterocycles. The summed E-state index contributed by atoms with van der Waals surface area (Å²) in [5.74, 6) is 0. The minimum Gasteiger partial charge on any atom is -0.397 e. The summed E-state index contributed by atoms with van der Waals surface area (Å²) in [4.78, 5) is 2.21. The average Bonchev–Trinajstić information content (AvgIpc) is 2.73. The molecule has 3 nitrogen and oxygen atoms in total. The van der Waals surface area contributed by atoms with Crippen LogP contribution in [0.15, 0.2) is 103 Å². The van der Waals surface area contributed by atoms with Crippen LogP contribution in [-0.2, 0) is 0 Å². The highest BCUT2D eigenvalue weighted by molar-refractivity contribution is 5.97. The van der Waals surface area contributed by atoms with Crippen molar-refractivity contribution < 1.29 is 0 Å². The Morgan fingerprint density at radius 3 is 1.52 bits per heavy atom. The second-order valence-corrected chi connectivity index (χ2v) is 6.34. The Hall–Kier alpha value is -3.72. The molecular weight excluding hydrogens is 330 g/mol. The summed E-state index contributed by atoms with van der Waals surface area (Å²) in [7, 11) is 0. The Labute approximate surface area is 159 Å². The minimum absolute atomic E-state index is 0.582.